The van der Waals surface area contributed by atoms with Gasteiger partial charge in [0.15, 0.2) is 0 Å². The van der Waals surface area contributed by atoms with Gasteiger partial charge in [0.05, 0.1) is 11.3 Å². The van der Waals surface area contributed by atoms with Gasteiger partial charge in [-0.3, -0.25) is 9.69 Å². The van der Waals surface area contributed by atoms with Crippen molar-refractivity contribution in [2.75, 3.05) is 6.54 Å². The lowest BCUT2D eigenvalue weighted by Gasteiger charge is -2.27. The summed E-state index contributed by atoms with van der Waals surface area (Å²) in [5.74, 6) is 0.643. The van der Waals surface area contributed by atoms with Gasteiger partial charge in [0.2, 0.25) is 0 Å². The van der Waals surface area contributed by atoms with Crippen molar-refractivity contribution in [2.24, 2.45) is 0 Å². The number of hydrogen-bond acceptors (Lipinski definition) is 5. The van der Waals surface area contributed by atoms with E-state index in [1.165, 1.54) is 6.33 Å². The third-order valence-electron chi connectivity index (χ3n) is 4.22. The minimum Gasteiger partial charge on any atom is -0.306 e. The summed E-state index contributed by atoms with van der Waals surface area (Å²) in [6.45, 7) is 2.20. The van der Waals surface area contributed by atoms with Gasteiger partial charge in [-0.15, -0.1) is 0 Å². The van der Waals surface area contributed by atoms with Gasteiger partial charge in [0, 0.05) is 49.6 Å². The molecule has 0 spiro atoms. The molecule has 3 heterocycles. The second-order valence-electron chi connectivity index (χ2n) is 5.91. The Morgan fingerprint density at radius 3 is 2.71 bits per heavy atom. The maximum atomic E-state index is 12.5. The highest BCUT2D eigenvalue weighted by Crippen LogP contribution is 2.19. The zero-order chi connectivity index (χ0) is 16.4. The Labute approximate surface area is 139 Å². The highest BCUT2D eigenvalue weighted by atomic mass is 16.1. The molecule has 6 nitrogen and oxygen atoms in total. The monoisotopic (exact) mass is 319 g/mol. The van der Waals surface area contributed by atoms with E-state index in [9.17, 15) is 4.79 Å². The first kappa shape index (κ1) is 14.7. The van der Waals surface area contributed by atoms with Crippen LogP contribution in [-0.2, 0) is 19.5 Å². The van der Waals surface area contributed by atoms with Crippen molar-refractivity contribution in [3.8, 4) is 11.4 Å². The molecule has 0 bridgehead atoms. The average molecular weight is 319 g/mol. The molecule has 0 aliphatic carbocycles. The molecule has 2 aromatic heterocycles. The molecule has 3 aromatic rings. The minimum absolute atomic E-state index is 0.0483. The molecule has 1 aromatic carbocycles. The Balaban J connectivity index is 1.60. The van der Waals surface area contributed by atoms with Crippen molar-refractivity contribution >= 4 is 0 Å². The Bertz CT molecular complexity index is 892. The van der Waals surface area contributed by atoms with Crippen molar-refractivity contribution in [2.45, 2.75) is 19.5 Å². The van der Waals surface area contributed by atoms with Crippen molar-refractivity contribution in [3.63, 3.8) is 0 Å². The van der Waals surface area contributed by atoms with Crippen LogP contribution in [0.2, 0.25) is 0 Å². The first-order chi connectivity index (χ1) is 11.8. The summed E-state index contributed by atoms with van der Waals surface area (Å²) in [6, 6.07) is 9.74. The number of H-pyrrole nitrogens is 1. The van der Waals surface area contributed by atoms with Crippen LogP contribution in [-0.4, -0.2) is 31.4 Å². The molecular weight excluding hydrogens is 302 g/mol. The predicted octanol–water partition coefficient (Wildman–Crippen LogP) is 1.79. The molecule has 0 saturated heterocycles. The number of nitrogens with zero attached hydrogens (tertiary/aromatic N) is 4. The fourth-order valence-corrected chi connectivity index (χ4v) is 3.02. The topological polar surface area (TPSA) is 74.8 Å². The van der Waals surface area contributed by atoms with Crippen LogP contribution in [0.5, 0.6) is 0 Å². The van der Waals surface area contributed by atoms with Crippen LogP contribution in [0.1, 0.15) is 16.8 Å². The number of rotatable bonds is 3. The molecule has 0 fully saturated rings. The zero-order valence-corrected chi connectivity index (χ0v) is 13.1. The lowest BCUT2D eigenvalue weighted by Crippen LogP contribution is -2.35. The van der Waals surface area contributed by atoms with Gasteiger partial charge in [-0.05, 0) is 0 Å². The van der Waals surface area contributed by atoms with Crippen LogP contribution in [0.3, 0.4) is 0 Å². The molecule has 0 amide bonds. The fourth-order valence-electron chi connectivity index (χ4n) is 3.02. The highest BCUT2D eigenvalue weighted by molar-refractivity contribution is 5.54. The molecule has 4 rings (SSSR count). The van der Waals surface area contributed by atoms with Crippen LogP contribution in [0.25, 0.3) is 11.4 Å². The maximum Gasteiger partial charge on any atom is 0.255 e. The molecule has 120 valence electrons. The van der Waals surface area contributed by atoms with Gasteiger partial charge in [-0.1, -0.05) is 30.3 Å². The van der Waals surface area contributed by atoms with Crippen molar-refractivity contribution < 1.29 is 0 Å². The molecule has 6 heteroatoms. The molecule has 1 aliphatic rings. The lowest BCUT2D eigenvalue weighted by atomic mass is 10.1. The third kappa shape index (κ3) is 2.96. The SMILES string of the molecule is O=c1[nH]c(-c2ccccc2)nc2c1CN(Cc1cncnc1)CC2. The van der Waals surface area contributed by atoms with E-state index >= 15 is 0 Å². The van der Waals surface area contributed by atoms with E-state index in [1.54, 1.807) is 0 Å². The number of aromatic amines is 1. The first-order valence-electron chi connectivity index (χ1n) is 7.93. The molecule has 1 N–H and O–H groups in total. The van der Waals surface area contributed by atoms with E-state index in [1.807, 2.05) is 42.7 Å². The van der Waals surface area contributed by atoms with E-state index in [2.05, 4.69) is 24.8 Å². The predicted molar refractivity (Wildman–Crippen MR) is 90.1 cm³/mol. The number of aromatic nitrogens is 4. The normalized spacial score (nSPS) is 14.3. The van der Waals surface area contributed by atoms with E-state index in [0.717, 1.165) is 41.9 Å². The largest absolute Gasteiger partial charge is 0.306 e. The third-order valence-corrected chi connectivity index (χ3v) is 4.22. The van der Waals surface area contributed by atoms with Crippen molar-refractivity contribution in [1.29, 1.82) is 0 Å². The minimum atomic E-state index is -0.0483. The smallest absolute Gasteiger partial charge is 0.255 e. The van der Waals surface area contributed by atoms with Crippen LogP contribution < -0.4 is 5.56 Å². The summed E-state index contributed by atoms with van der Waals surface area (Å²) < 4.78 is 0. The molecule has 1 aliphatic heterocycles. The second kappa shape index (κ2) is 6.33. The molecule has 24 heavy (non-hydrogen) atoms. The Morgan fingerprint density at radius 2 is 1.92 bits per heavy atom. The summed E-state index contributed by atoms with van der Waals surface area (Å²) in [4.78, 5) is 30.4. The van der Waals surface area contributed by atoms with E-state index in [0.29, 0.717) is 12.4 Å². The van der Waals surface area contributed by atoms with Gasteiger partial charge in [-0.2, -0.15) is 0 Å². The Hall–Kier alpha value is -2.86. The van der Waals surface area contributed by atoms with Gasteiger partial charge in [0.1, 0.15) is 12.2 Å². The van der Waals surface area contributed by atoms with Gasteiger partial charge in [-0.25, -0.2) is 15.0 Å². The van der Waals surface area contributed by atoms with E-state index in [4.69, 9.17) is 0 Å². The standard InChI is InChI=1S/C18H17N5O/c24-18-15-11-23(10-13-8-19-12-20-9-13)7-6-16(15)21-17(22-18)14-4-2-1-3-5-14/h1-5,8-9,12H,6-7,10-11H2,(H,21,22,24). The van der Waals surface area contributed by atoms with E-state index in [-0.39, 0.29) is 5.56 Å². The van der Waals surface area contributed by atoms with Crippen molar-refractivity contribution in [1.82, 2.24) is 24.8 Å². The van der Waals surface area contributed by atoms with Crippen molar-refractivity contribution in [3.05, 3.63) is 76.2 Å². The number of fused-ring (bicyclic) bond motifs is 1. The highest BCUT2D eigenvalue weighted by Gasteiger charge is 2.21. The van der Waals surface area contributed by atoms with Crippen LogP contribution in [0.15, 0.2) is 53.8 Å². The number of nitrogens with one attached hydrogen (secondary N) is 1. The molecule has 0 unspecified atom stereocenters. The fraction of sp³-hybridized carbons (Fsp3) is 0.222. The zero-order valence-electron chi connectivity index (χ0n) is 13.1. The summed E-state index contributed by atoms with van der Waals surface area (Å²) >= 11 is 0. The maximum absolute atomic E-state index is 12.5. The van der Waals surface area contributed by atoms with Gasteiger partial charge >= 0.3 is 0 Å². The lowest BCUT2D eigenvalue weighted by molar-refractivity contribution is 0.241. The second-order valence-corrected chi connectivity index (χ2v) is 5.91. The number of benzene rings is 1. The van der Waals surface area contributed by atoms with Crippen LogP contribution >= 0.6 is 0 Å². The Morgan fingerprint density at radius 1 is 1.12 bits per heavy atom. The summed E-state index contributed by atoms with van der Waals surface area (Å²) in [7, 11) is 0. The summed E-state index contributed by atoms with van der Waals surface area (Å²) in [5, 5.41) is 0. The molecule has 0 atom stereocenters. The summed E-state index contributed by atoms with van der Waals surface area (Å²) in [5.41, 5.74) is 3.59. The number of hydrogen-bond donors (Lipinski definition) is 1. The van der Waals surface area contributed by atoms with Crippen LogP contribution in [0, 0.1) is 0 Å². The molecular formula is C18H17N5O. The molecule has 0 saturated carbocycles. The van der Waals surface area contributed by atoms with Gasteiger partial charge < -0.3 is 4.98 Å². The Kier molecular flexibility index (Phi) is 3.88. The van der Waals surface area contributed by atoms with Crippen LogP contribution in [0.4, 0.5) is 0 Å². The van der Waals surface area contributed by atoms with Gasteiger partial charge in [0.25, 0.3) is 5.56 Å². The average Bonchev–Trinajstić information content (AvgIpc) is 2.64. The molecule has 0 radical (unpaired) electrons. The summed E-state index contributed by atoms with van der Waals surface area (Å²) in [6.07, 6.45) is 5.91. The first-order valence-corrected chi connectivity index (χ1v) is 7.93. The van der Waals surface area contributed by atoms with E-state index < -0.39 is 0 Å². The quantitative estimate of drug-likeness (QED) is 0.796.